The Labute approximate surface area is 219 Å². The van der Waals surface area contributed by atoms with Crippen LogP contribution in [0, 0.1) is 0 Å². The van der Waals surface area contributed by atoms with Crippen molar-refractivity contribution in [3.8, 4) is 11.5 Å². The highest BCUT2D eigenvalue weighted by Crippen LogP contribution is 2.32. The Morgan fingerprint density at radius 2 is 1.42 bits per heavy atom. The lowest BCUT2D eigenvalue weighted by Crippen LogP contribution is -2.65. The average Bonchev–Trinajstić information content (AvgIpc) is 2.82. The number of hydrogen-bond acceptors (Lipinski definition) is 13. The number of sulfonamides is 1. The topological polar surface area (TPSA) is 179 Å². The Kier molecular flexibility index (Phi) is 10.9. The van der Waals surface area contributed by atoms with Crippen molar-refractivity contribution in [1.29, 1.82) is 0 Å². The van der Waals surface area contributed by atoms with Gasteiger partial charge in [0.15, 0.2) is 18.3 Å². The van der Waals surface area contributed by atoms with Crippen LogP contribution in [-0.2, 0) is 59.4 Å². The second-order valence-corrected chi connectivity index (χ2v) is 9.95. The van der Waals surface area contributed by atoms with Gasteiger partial charge in [0.1, 0.15) is 24.2 Å². The van der Waals surface area contributed by atoms with Gasteiger partial charge in [0, 0.05) is 45.9 Å². The first kappa shape index (κ1) is 30.8. The molecule has 1 saturated heterocycles. The molecule has 15 heteroatoms. The van der Waals surface area contributed by atoms with Gasteiger partial charge in [-0.1, -0.05) is 6.07 Å². The van der Waals surface area contributed by atoms with Crippen LogP contribution < -0.4 is 14.2 Å². The standard InChI is InChI=1S/C23H31NO13S/c1-12(25)33-11-19-20(34-13(2)26)21(35-14(3)27)22(36-15(4)28)23(37-19)38(29,30)24-10-16-7-8-17(31-5)9-18(16)32-6/h7-9,19-24H,10-11H2,1-6H3/t19-,20-,21+,22-,23+/m1/s1. The summed E-state index contributed by atoms with van der Waals surface area (Å²) in [7, 11) is -1.66. The summed E-state index contributed by atoms with van der Waals surface area (Å²) in [6, 6.07) is 4.73. The van der Waals surface area contributed by atoms with E-state index < -0.39 is 70.4 Å². The summed E-state index contributed by atoms with van der Waals surface area (Å²) < 4.78 is 66.1. The molecule has 1 heterocycles. The maximum absolute atomic E-state index is 13.5. The first-order valence-corrected chi connectivity index (χ1v) is 12.8. The molecule has 0 amide bonds. The largest absolute Gasteiger partial charge is 0.497 e. The highest BCUT2D eigenvalue weighted by Gasteiger charge is 2.56. The van der Waals surface area contributed by atoms with Crippen LogP contribution in [0.4, 0.5) is 0 Å². The van der Waals surface area contributed by atoms with E-state index in [9.17, 15) is 27.6 Å². The van der Waals surface area contributed by atoms with Gasteiger partial charge in [-0.15, -0.1) is 0 Å². The Morgan fingerprint density at radius 3 is 1.95 bits per heavy atom. The van der Waals surface area contributed by atoms with Crippen LogP contribution in [0.15, 0.2) is 18.2 Å². The molecule has 5 atom stereocenters. The highest BCUT2D eigenvalue weighted by molar-refractivity contribution is 7.90. The molecule has 14 nitrogen and oxygen atoms in total. The molecule has 0 radical (unpaired) electrons. The Balaban J connectivity index is 2.49. The first-order chi connectivity index (χ1) is 17.8. The smallest absolute Gasteiger partial charge is 0.303 e. The van der Waals surface area contributed by atoms with Gasteiger partial charge in [0.25, 0.3) is 0 Å². The Morgan fingerprint density at radius 1 is 0.842 bits per heavy atom. The fourth-order valence-corrected chi connectivity index (χ4v) is 5.07. The van der Waals surface area contributed by atoms with Crippen molar-refractivity contribution in [2.24, 2.45) is 0 Å². The summed E-state index contributed by atoms with van der Waals surface area (Å²) in [5.41, 5.74) is -1.53. The number of rotatable bonds is 11. The predicted octanol–water partition coefficient (Wildman–Crippen LogP) is 0.206. The van der Waals surface area contributed by atoms with Crippen LogP contribution in [0.5, 0.6) is 11.5 Å². The number of ether oxygens (including phenoxy) is 7. The van der Waals surface area contributed by atoms with Gasteiger partial charge in [0.05, 0.1) is 14.2 Å². The minimum atomic E-state index is -4.52. The number of hydrogen-bond donors (Lipinski definition) is 1. The quantitative estimate of drug-likeness (QED) is 0.286. The van der Waals surface area contributed by atoms with E-state index in [0.717, 1.165) is 27.7 Å². The molecule has 0 bridgehead atoms. The Hall–Kier alpha value is -3.43. The van der Waals surface area contributed by atoms with E-state index in [2.05, 4.69) is 4.72 Å². The van der Waals surface area contributed by atoms with Crippen LogP contribution in [0.3, 0.4) is 0 Å². The summed E-state index contributed by atoms with van der Waals surface area (Å²) in [5, 5.41) is 0. The molecule has 1 aliphatic heterocycles. The van der Waals surface area contributed by atoms with E-state index in [-0.39, 0.29) is 6.54 Å². The molecule has 38 heavy (non-hydrogen) atoms. The molecule has 1 aliphatic rings. The van der Waals surface area contributed by atoms with Gasteiger partial charge < -0.3 is 33.2 Å². The summed E-state index contributed by atoms with van der Waals surface area (Å²) >= 11 is 0. The minimum absolute atomic E-state index is 0.275. The maximum Gasteiger partial charge on any atom is 0.303 e. The fourth-order valence-electron chi connectivity index (χ4n) is 3.70. The van der Waals surface area contributed by atoms with Crippen LogP contribution in [0.1, 0.15) is 33.3 Å². The van der Waals surface area contributed by atoms with Gasteiger partial charge in [-0.25, -0.2) is 13.1 Å². The van der Waals surface area contributed by atoms with Gasteiger partial charge >= 0.3 is 23.9 Å². The highest BCUT2D eigenvalue weighted by atomic mass is 32.2. The summed E-state index contributed by atoms with van der Waals surface area (Å²) in [5.74, 6) is -2.57. The van der Waals surface area contributed by atoms with Gasteiger partial charge in [0.2, 0.25) is 15.5 Å². The average molecular weight is 562 g/mol. The number of carbonyl (C=O) groups excluding carboxylic acids is 4. The molecule has 1 aromatic carbocycles. The number of nitrogens with one attached hydrogen (secondary N) is 1. The lowest BCUT2D eigenvalue weighted by atomic mass is 9.99. The van der Waals surface area contributed by atoms with Crippen LogP contribution in [-0.4, -0.2) is 83.0 Å². The van der Waals surface area contributed by atoms with E-state index >= 15 is 0 Å². The van der Waals surface area contributed by atoms with E-state index in [4.69, 9.17) is 33.2 Å². The molecule has 1 N–H and O–H groups in total. The molecule has 0 aromatic heterocycles. The molecule has 0 saturated carbocycles. The maximum atomic E-state index is 13.5. The number of methoxy groups -OCH3 is 2. The lowest BCUT2D eigenvalue weighted by Gasteiger charge is -2.43. The molecular weight excluding hydrogens is 530 g/mol. The van der Waals surface area contributed by atoms with Crippen molar-refractivity contribution in [3.05, 3.63) is 23.8 Å². The summed E-state index contributed by atoms with van der Waals surface area (Å²) in [4.78, 5) is 47.1. The number of esters is 4. The molecule has 212 valence electrons. The van der Waals surface area contributed by atoms with Gasteiger partial charge in [-0.05, 0) is 6.07 Å². The second-order valence-electron chi connectivity index (χ2n) is 8.11. The van der Waals surface area contributed by atoms with E-state index in [1.807, 2.05) is 0 Å². The third-order valence-electron chi connectivity index (χ3n) is 5.21. The van der Waals surface area contributed by atoms with Crippen molar-refractivity contribution >= 4 is 33.9 Å². The zero-order valence-electron chi connectivity index (χ0n) is 21.7. The van der Waals surface area contributed by atoms with Crippen molar-refractivity contribution in [2.45, 2.75) is 64.1 Å². The van der Waals surface area contributed by atoms with Crippen molar-refractivity contribution < 1.29 is 60.8 Å². The van der Waals surface area contributed by atoms with Crippen LogP contribution in [0.25, 0.3) is 0 Å². The molecule has 0 aliphatic carbocycles. The molecule has 0 unspecified atom stereocenters. The SMILES string of the molecule is COc1ccc(CNS(=O)(=O)[C@@H]2O[C@H](COC(C)=O)[C@@H](OC(C)=O)[C@H](OC(C)=O)[C@H]2OC(C)=O)c(OC)c1. The second kappa shape index (κ2) is 13.4. The van der Waals surface area contributed by atoms with E-state index in [1.165, 1.54) is 14.2 Å². The van der Waals surface area contributed by atoms with Crippen molar-refractivity contribution in [1.82, 2.24) is 4.72 Å². The van der Waals surface area contributed by atoms with E-state index in [1.54, 1.807) is 18.2 Å². The number of carbonyl (C=O) groups is 4. The zero-order chi connectivity index (χ0) is 28.6. The van der Waals surface area contributed by atoms with Crippen molar-refractivity contribution in [3.63, 3.8) is 0 Å². The van der Waals surface area contributed by atoms with Crippen molar-refractivity contribution in [2.75, 3.05) is 20.8 Å². The van der Waals surface area contributed by atoms with Gasteiger partial charge in [-0.3, -0.25) is 19.2 Å². The summed E-state index contributed by atoms with van der Waals surface area (Å²) in [6.45, 7) is 3.37. The molecule has 1 fully saturated rings. The first-order valence-electron chi connectivity index (χ1n) is 11.3. The minimum Gasteiger partial charge on any atom is -0.497 e. The van der Waals surface area contributed by atoms with Crippen LogP contribution >= 0.6 is 0 Å². The monoisotopic (exact) mass is 561 g/mol. The lowest BCUT2D eigenvalue weighted by molar-refractivity contribution is -0.238. The third kappa shape index (κ3) is 8.29. The fraction of sp³-hybridized carbons (Fsp3) is 0.565. The molecule has 2 rings (SSSR count). The molecule has 1 aromatic rings. The third-order valence-corrected chi connectivity index (χ3v) is 6.75. The van der Waals surface area contributed by atoms with Crippen LogP contribution in [0.2, 0.25) is 0 Å². The number of benzene rings is 1. The molecule has 0 spiro atoms. The Bertz CT molecular complexity index is 1140. The molecular formula is C23H31NO13S. The van der Waals surface area contributed by atoms with E-state index in [0.29, 0.717) is 17.1 Å². The summed E-state index contributed by atoms with van der Waals surface area (Å²) in [6.07, 6.45) is -6.26. The zero-order valence-corrected chi connectivity index (χ0v) is 22.6. The normalized spacial score (nSPS) is 23.1. The predicted molar refractivity (Wildman–Crippen MR) is 127 cm³/mol. The van der Waals surface area contributed by atoms with Gasteiger partial charge in [-0.2, -0.15) is 0 Å².